The zero-order valence-electron chi connectivity index (χ0n) is 9.53. The molecular weight excluding hydrogens is 258 g/mol. The molecule has 17 heavy (non-hydrogen) atoms. The van der Waals surface area contributed by atoms with Crippen LogP contribution in [0.4, 0.5) is 0 Å². The molecule has 0 aliphatic rings. The number of benzene rings is 1. The van der Waals surface area contributed by atoms with Crippen molar-refractivity contribution in [2.45, 2.75) is 13.5 Å². The quantitative estimate of drug-likeness (QED) is 0.871. The van der Waals surface area contributed by atoms with E-state index >= 15 is 0 Å². The largest absolute Gasteiger partial charge is 0.496 e. The lowest BCUT2D eigenvalue weighted by Gasteiger charge is -2.11. The summed E-state index contributed by atoms with van der Waals surface area (Å²) in [6.45, 7) is 2.43. The number of aromatic nitrogens is 3. The Balaban J connectivity index is 2.46. The summed E-state index contributed by atoms with van der Waals surface area (Å²) >= 11 is 11.3. The van der Waals surface area contributed by atoms with Crippen LogP contribution in [-0.2, 0) is 6.54 Å². The Bertz CT molecular complexity index is 591. The minimum absolute atomic E-state index is 0.546. The number of nitrogens with one attached hydrogen (secondary N) is 1. The van der Waals surface area contributed by atoms with Crippen LogP contribution >= 0.6 is 23.8 Å². The van der Waals surface area contributed by atoms with E-state index in [1.807, 2.05) is 29.7 Å². The lowest BCUT2D eigenvalue weighted by Crippen LogP contribution is -2.04. The van der Waals surface area contributed by atoms with Crippen molar-refractivity contribution in [3.05, 3.63) is 39.4 Å². The highest BCUT2D eigenvalue weighted by Gasteiger charge is 2.10. The van der Waals surface area contributed by atoms with Crippen molar-refractivity contribution in [3.8, 4) is 5.75 Å². The summed E-state index contributed by atoms with van der Waals surface area (Å²) in [4.78, 5) is 0. The molecule has 0 bridgehead atoms. The molecular formula is C11H12ClN3OS. The van der Waals surface area contributed by atoms with Crippen molar-refractivity contribution in [1.29, 1.82) is 0 Å². The van der Waals surface area contributed by atoms with E-state index in [4.69, 9.17) is 28.6 Å². The standard InChI is InChI=1S/C11H12ClN3OS/c1-7-13-14-11(17)15(7)6-8-9(12)4-3-5-10(8)16-2/h3-5H,6H2,1-2H3,(H,14,17). The molecule has 0 unspecified atom stereocenters. The van der Waals surface area contributed by atoms with Crippen LogP contribution < -0.4 is 4.74 Å². The van der Waals surface area contributed by atoms with Gasteiger partial charge in [0.25, 0.3) is 0 Å². The fourth-order valence-corrected chi connectivity index (χ4v) is 2.09. The molecule has 0 radical (unpaired) electrons. The molecule has 0 saturated carbocycles. The summed E-state index contributed by atoms with van der Waals surface area (Å²) in [5.41, 5.74) is 0.900. The molecule has 2 aromatic rings. The molecule has 0 aliphatic carbocycles. The maximum Gasteiger partial charge on any atom is 0.195 e. The number of hydrogen-bond acceptors (Lipinski definition) is 3. The minimum Gasteiger partial charge on any atom is -0.496 e. The Morgan fingerprint density at radius 3 is 2.88 bits per heavy atom. The predicted octanol–water partition coefficient (Wildman–Crippen LogP) is 2.96. The van der Waals surface area contributed by atoms with Crippen LogP contribution in [0.2, 0.25) is 5.02 Å². The Kier molecular flexibility index (Phi) is 3.49. The first-order valence-electron chi connectivity index (χ1n) is 5.06. The molecule has 0 fully saturated rings. The lowest BCUT2D eigenvalue weighted by atomic mass is 10.2. The second kappa shape index (κ2) is 4.89. The summed E-state index contributed by atoms with van der Waals surface area (Å²) in [6.07, 6.45) is 0. The number of aromatic amines is 1. The van der Waals surface area contributed by atoms with E-state index in [2.05, 4.69) is 10.2 Å². The number of hydrogen-bond donors (Lipinski definition) is 1. The van der Waals surface area contributed by atoms with Crippen LogP contribution in [0.25, 0.3) is 0 Å². The van der Waals surface area contributed by atoms with Gasteiger partial charge in [-0.25, -0.2) is 0 Å². The van der Waals surface area contributed by atoms with Gasteiger partial charge in [0.15, 0.2) is 4.77 Å². The van der Waals surface area contributed by atoms with Gasteiger partial charge in [-0.3, -0.25) is 9.67 Å². The number of halogens is 1. The Labute approximate surface area is 109 Å². The molecule has 6 heteroatoms. The molecule has 0 amide bonds. The van der Waals surface area contributed by atoms with Crippen molar-refractivity contribution in [2.24, 2.45) is 0 Å². The number of rotatable bonds is 3. The second-order valence-corrected chi connectivity index (χ2v) is 4.38. The second-order valence-electron chi connectivity index (χ2n) is 3.58. The van der Waals surface area contributed by atoms with E-state index in [1.165, 1.54) is 0 Å². The highest BCUT2D eigenvalue weighted by molar-refractivity contribution is 7.71. The van der Waals surface area contributed by atoms with E-state index in [-0.39, 0.29) is 0 Å². The number of methoxy groups -OCH3 is 1. The Morgan fingerprint density at radius 2 is 2.29 bits per heavy atom. The lowest BCUT2D eigenvalue weighted by molar-refractivity contribution is 0.408. The van der Waals surface area contributed by atoms with Crippen LogP contribution in [-0.4, -0.2) is 21.9 Å². The van der Waals surface area contributed by atoms with Gasteiger partial charge in [0.05, 0.1) is 13.7 Å². The van der Waals surface area contributed by atoms with Gasteiger partial charge in [0.2, 0.25) is 0 Å². The topological polar surface area (TPSA) is 42.8 Å². The number of H-pyrrole nitrogens is 1. The molecule has 2 rings (SSSR count). The molecule has 4 nitrogen and oxygen atoms in total. The summed E-state index contributed by atoms with van der Waals surface area (Å²) in [6, 6.07) is 5.56. The average molecular weight is 270 g/mol. The van der Waals surface area contributed by atoms with E-state index in [9.17, 15) is 0 Å². The molecule has 0 aliphatic heterocycles. The van der Waals surface area contributed by atoms with Crippen LogP contribution in [0.3, 0.4) is 0 Å². The molecule has 0 saturated heterocycles. The van der Waals surface area contributed by atoms with Gasteiger partial charge in [-0.1, -0.05) is 17.7 Å². The van der Waals surface area contributed by atoms with E-state index in [0.717, 1.165) is 17.1 Å². The van der Waals surface area contributed by atoms with Gasteiger partial charge in [-0.2, -0.15) is 5.10 Å². The molecule has 1 aromatic carbocycles. The third-order valence-electron chi connectivity index (χ3n) is 2.56. The monoisotopic (exact) mass is 269 g/mol. The summed E-state index contributed by atoms with van der Waals surface area (Å²) < 4.78 is 7.74. The summed E-state index contributed by atoms with van der Waals surface area (Å²) in [5.74, 6) is 1.57. The maximum atomic E-state index is 6.17. The Morgan fingerprint density at radius 1 is 1.53 bits per heavy atom. The van der Waals surface area contributed by atoms with Crippen LogP contribution in [0.15, 0.2) is 18.2 Å². The van der Waals surface area contributed by atoms with Crippen molar-refractivity contribution in [3.63, 3.8) is 0 Å². The van der Waals surface area contributed by atoms with Crippen molar-refractivity contribution >= 4 is 23.8 Å². The normalized spacial score (nSPS) is 10.5. The minimum atomic E-state index is 0.546. The fraction of sp³-hybridized carbons (Fsp3) is 0.273. The predicted molar refractivity (Wildman–Crippen MR) is 69.3 cm³/mol. The number of aryl methyl sites for hydroxylation is 1. The molecule has 1 aromatic heterocycles. The van der Waals surface area contributed by atoms with Gasteiger partial charge in [-0.05, 0) is 31.3 Å². The third kappa shape index (κ3) is 2.35. The van der Waals surface area contributed by atoms with Crippen molar-refractivity contribution in [2.75, 3.05) is 7.11 Å². The SMILES string of the molecule is COc1cccc(Cl)c1Cn1c(C)n[nH]c1=S. The first kappa shape index (κ1) is 12.1. The van der Waals surface area contributed by atoms with Crippen LogP contribution in [0.1, 0.15) is 11.4 Å². The highest BCUT2D eigenvalue weighted by atomic mass is 35.5. The van der Waals surface area contributed by atoms with E-state index in [1.54, 1.807) is 7.11 Å². The van der Waals surface area contributed by atoms with E-state index < -0.39 is 0 Å². The zero-order chi connectivity index (χ0) is 12.4. The van der Waals surface area contributed by atoms with Gasteiger partial charge in [-0.15, -0.1) is 0 Å². The average Bonchev–Trinajstić information content (AvgIpc) is 2.63. The number of ether oxygens (including phenoxy) is 1. The van der Waals surface area contributed by atoms with Gasteiger partial charge in [0.1, 0.15) is 11.6 Å². The van der Waals surface area contributed by atoms with E-state index in [0.29, 0.717) is 16.3 Å². The molecule has 90 valence electrons. The third-order valence-corrected chi connectivity index (χ3v) is 3.23. The first-order valence-corrected chi connectivity index (χ1v) is 5.85. The van der Waals surface area contributed by atoms with Gasteiger partial charge >= 0.3 is 0 Å². The Hall–Kier alpha value is -1.33. The van der Waals surface area contributed by atoms with Crippen LogP contribution in [0, 0.1) is 11.7 Å². The van der Waals surface area contributed by atoms with Crippen molar-refractivity contribution < 1.29 is 4.74 Å². The molecule has 1 heterocycles. The van der Waals surface area contributed by atoms with Gasteiger partial charge in [0, 0.05) is 10.6 Å². The first-order chi connectivity index (χ1) is 8.13. The fourth-order valence-electron chi connectivity index (χ4n) is 1.62. The zero-order valence-corrected chi connectivity index (χ0v) is 11.1. The molecule has 1 N–H and O–H groups in total. The molecule has 0 spiro atoms. The summed E-state index contributed by atoms with van der Waals surface area (Å²) in [7, 11) is 1.62. The summed E-state index contributed by atoms with van der Waals surface area (Å²) in [5, 5.41) is 7.46. The van der Waals surface area contributed by atoms with Gasteiger partial charge < -0.3 is 4.74 Å². The maximum absolute atomic E-state index is 6.17. The highest BCUT2D eigenvalue weighted by Crippen LogP contribution is 2.27. The molecule has 0 atom stereocenters. The van der Waals surface area contributed by atoms with Crippen LogP contribution in [0.5, 0.6) is 5.75 Å². The number of nitrogens with zero attached hydrogens (tertiary/aromatic N) is 2. The van der Waals surface area contributed by atoms with Crippen molar-refractivity contribution in [1.82, 2.24) is 14.8 Å². The smallest absolute Gasteiger partial charge is 0.195 e.